The van der Waals surface area contributed by atoms with Crippen molar-refractivity contribution in [3.63, 3.8) is 0 Å². The molecule has 1 N–H and O–H groups in total. The molecule has 0 saturated carbocycles. The van der Waals surface area contributed by atoms with Crippen LogP contribution < -0.4 is 10.2 Å². The number of fused-ring (bicyclic) bond motifs is 2. The van der Waals surface area contributed by atoms with Crippen molar-refractivity contribution >= 4 is 32.1 Å². The Bertz CT molecular complexity index is 1770. The van der Waals surface area contributed by atoms with Crippen LogP contribution in [0.1, 0.15) is 13.8 Å². The third-order valence-electron chi connectivity index (χ3n) is 7.62. The summed E-state index contributed by atoms with van der Waals surface area (Å²) in [6.45, 7) is 6.47. The van der Waals surface area contributed by atoms with Gasteiger partial charge in [-0.25, -0.2) is 22.2 Å². The fourth-order valence-electron chi connectivity index (χ4n) is 5.62. The molecule has 0 radical (unpaired) electrons. The van der Waals surface area contributed by atoms with Crippen LogP contribution in [0.25, 0.3) is 38.7 Å². The average molecular weight is 541 g/mol. The number of hydrogen-bond acceptors (Lipinski definition) is 6. The number of anilines is 1. The van der Waals surface area contributed by atoms with Crippen LogP contribution >= 0.6 is 0 Å². The number of hydrogen-bond donors (Lipinski definition) is 1. The van der Waals surface area contributed by atoms with Gasteiger partial charge < -0.3 is 10.2 Å². The van der Waals surface area contributed by atoms with E-state index in [1.165, 1.54) is 9.99 Å². The molecule has 6 rings (SSSR count). The van der Waals surface area contributed by atoms with Crippen molar-refractivity contribution in [2.24, 2.45) is 0 Å². The van der Waals surface area contributed by atoms with Gasteiger partial charge >= 0.3 is 0 Å². The normalized spacial score (nSPS) is 18.3. The molecule has 1 fully saturated rings. The van der Waals surface area contributed by atoms with Crippen LogP contribution in [0, 0.1) is 0 Å². The van der Waals surface area contributed by atoms with E-state index in [0.29, 0.717) is 23.1 Å². The van der Waals surface area contributed by atoms with Gasteiger partial charge in [-0.1, -0.05) is 42.5 Å². The van der Waals surface area contributed by atoms with E-state index in [1.54, 1.807) is 36.9 Å². The largest absolute Gasteiger partial charge is 0.364 e. The highest BCUT2D eigenvalue weighted by atomic mass is 32.2. The van der Waals surface area contributed by atoms with Crippen molar-refractivity contribution in [3.05, 3.63) is 79.3 Å². The number of rotatable bonds is 5. The average Bonchev–Trinajstić information content (AvgIpc) is 3.35. The standard InChI is InChI=1S/C30H32N6O2S/c1-20-15-31-16-21(2)36(20)24-13-11-22(12-14-24)23-17-32-30-28(18-33-35(30)19-23)26-7-5-9-27-25(26)8-6-10-29(27)39(37,38)34(3)4/h5-14,17-21,31H,15-16H2,1-4H3/t20-,21+. The molecule has 200 valence electrons. The lowest BCUT2D eigenvalue weighted by Crippen LogP contribution is -2.55. The molecule has 0 aliphatic carbocycles. The first-order valence-corrected chi connectivity index (χ1v) is 14.6. The summed E-state index contributed by atoms with van der Waals surface area (Å²) in [5, 5.41) is 9.61. The summed E-state index contributed by atoms with van der Waals surface area (Å²) in [7, 11) is -0.501. The van der Waals surface area contributed by atoms with E-state index >= 15 is 0 Å². The summed E-state index contributed by atoms with van der Waals surface area (Å²) in [4.78, 5) is 7.55. The Morgan fingerprint density at radius 3 is 2.26 bits per heavy atom. The molecule has 0 spiro atoms. The van der Waals surface area contributed by atoms with Crippen LogP contribution in [0.2, 0.25) is 0 Å². The minimum atomic E-state index is -3.59. The highest BCUT2D eigenvalue weighted by molar-refractivity contribution is 7.89. The Hall–Kier alpha value is -3.79. The molecule has 1 aliphatic rings. The topological polar surface area (TPSA) is 82.8 Å². The van der Waals surface area contributed by atoms with Crippen LogP contribution in [0.3, 0.4) is 0 Å². The zero-order valence-corrected chi connectivity index (χ0v) is 23.4. The van der Waals surface area contributed by atoms with Crippen molar-refractivity contribution in [2.45, 2.75) is 30.8 Å². The molecule has 5 aromatic rings. The van der Waals surface area contributed by atoms with E-state index in [9.17, 15) is 8.42 Å². The van der Waals surface area contributed by atoms with Gasteiger partial charge in [-0.2, -0.15) is 5.10 Å². The number of piperazine rings is 1. The molecular formula is C30H32N6O2S. The predicted molar refractivity (Wildman–Crippen MR) is 157 cm³/mol. The summed E-state index contributed by atoms with van der Waals surface area (Å²) >= 11 is 0. The summed E-state index contributed by atoms with van der Waals surface area (Å²) in [5.41, 5.74) is 5.73. The lowest BCUT2D eigenvalue weighted by atomic mass is 10.00. The first-order chi connectivity index (χ1) is 18.8. The van der Waals surface area contributed by atoms with Gasteiger partial charge in [0, 0.05) is 73.9 Å². The SMILES string of the molecule is C[C@@H]1CNC[C@H](C)N1c1ccc(-c2cnc3c(-c4cccc5c(S(=O)(=O)N(C)C)cccc45)cnn3c2)cc1. The lowest BCUT2D eigenvalue weighted by Gasteiger charge is -2.41. The Morgan fingerprint density at radius 2 is 1.54 bits per heavy atom. The van der Waals surface area contributed by atoms with Crippen molar-refractivity contribution < 1.29 is 8.42 Å². The van der Waals surface area contributed by atoms with E-state index in [4.69, 9.17) is 4.98 Å². The highest BCUT2D eigenvalue weighted by Crippen LogP contribution is 2.35. The van der Waals surface area contributed by atoms with Gasteiger partial charge in [-0.15, -0.1) is 0 Å². The number of aromatic nitrogens is 3. The molecule has 9 heteroatoms. The summed E-state index contributed by atoms with van der Waals surface area (Å²) < 4.78 is 29.0. The molecule has 8 nitrogen and oxygen atoms in total. The lowest BCUT2D eigenvalue weighted by molar-refractivity contribution is 0.432. The molecule has 1 aliphatic heterocycles. The third kappa shape index (κ3) is 4.36. The fraction of sp³-hybridized carbons (Fsp3) is 0.267. The number of sulfonamides is 1. The zero-order valence-electron chi connectivity index (χ0n) is 22.5. The summed E-state index contributed by atoms with van der Waals surface area (Å²) in [6.07, 6.45) is 5.66. The van der Waals surface area contributed by atoms with Gasteiger partial charge in [-0.3, -0.25) is 0 Å². The van der Waals surface area contributed by atoms with Crippen molar-refractivity contribution in [3.8, 4) is 22.3 Å². The predicted octanol–water partition coefficient (Wildman–Crippen LogP) is 4.65. The van der Waals surface area contributed by atoms with E-state index < -0.39 is 10.0 Å². The smallest absolute Gasteiger partial charge is 0.243 e. The van der Waals surface area contributed by atoms with Crippen molar-refractivity contribution in [1.82, 2.24) is 24.2 Å². The first kappa shape index (κ1) is 25.5. The Morgan fingerprint density at radius 1 is 0.846 bits per heavy atom. The number of nitrogens with zero attached hydrogens (tertiary/aromatic N) is 5. The van der Waals surface area contributed by atoms with Crippen molar-refractivity contribution in [2.75, 3.05) is 32.1 Å². The quantitative estimate of drug-likeness (QED) is 0.349. The molecule has 3 aromatic carbocycles. The van der Waals surface area contributed by atoms with Crippen molar-refractivity contribution in [1.29, 1.82) is 0 Å². The van der Waals surface area contributed by atoms with Crippen LogP contribution in [-0.4, -0.2) is 66.6 Å². The maximum Gasteiger partial charge on any atom is 0.243 e. The monoisotopic (exact) mass is 540 g/mol. The van der Waals surface area contributed by atoms with E-state index in [2.05, 4.69) is 53.4 Å². The van der Waals surface area contributed by atoms with Gasteiger partial charge in [0.05, 0.1) is 11.1 Å². The number of benzene rings is 3. The van der Waals surface area contributed by atoms with Crippen LogP contribution in [0.5, 0.6) is 0 Å². The first-order valence-electron chi connectivity index (χ1n) is 13.1. The van der Waals surface area contributed by atoms with Gasteiger partial charge in [0.15, 0.2) is 5.65 Å². The Kier molecular flexibility index (Phi) is 6.37. The summed E-state index contributed by atoms with van der Waals surface area (Å²) in [6, 6.07) is 20.6. The number of nitrogens with one attached hydrogen (secondary N) is 1. The zero-order chi connectivity index (χ0) is 27.3. The van der Waals surface area contributed by atoms with Gasteiger partial charge in [0.25, 0.3) is 0 Å². The highest BCUT2D eigenvalue weighted by Gasteiger charge is 2.25. The maximum atomic E-state index is 13.0. The summed E-state index contributed by atoms with van der Waals surface area (Å²) in [5.74, 6) is 0. The molecular weight excluding hydrogens is 508 g/mol. The van der Waals surface area contributed by atoms with Crippen LogP contribution in [0.4, 0.5) is 5.69 Å². The van der Waals surface area contributed by atoms with Crippen LogP contribution in [0.15, 0.2) is 84.1 Å². The maximum absolute atomic E-state index is 13.0. The van der Waals surface area contributed by atoms with Gasteiger partial charge in [0.2, 0.25) is 10.0 Å². The second kappa shape index (κ2) is 9.75. The second-order valence-corrected chi connectivity index (χ2v) is 12.5. The molecule has 3 heterocycles. The van der Waals surface area contributed by atoms with E-state index in [1.807, 2.05) is 36.7 Å². The second-order valence-electron chi connectivity index (χ2n) is 10.4. The molecule has 0 unspecified atom stereocenters. The van der Waals surface area contributed by atoms with Gasteiger partial charge in [0.1, 0.15) is 0 Å². The van der Waals surface area contributed by atoms with Crippen LogP contribution in [-0.2, 0) is 10.0 Å². The minimum absolute atomic E-state index is 0.284. The molecule has 1 saturated heterocycles. The molecule has 2 atom stereocenters. The Balaban J connectivity index is 1.37. The molecule has 2 aromatic heterocycles. The van der Waals surface area contributed by atoms with Gasteiger partial charge in [-0.05, 0) is 48.6 Å². The molecule has 0 bridgehead atoms. The Labute approximate surface area is 228 Å². The van der Waals surface area contributed by atoms with E-state index in [-0.39, 0.29) is 4.90 Å². The fourth-order valence-corrected chi connectivity index (χ4v) is 6.72. The van der Waals surface area contributed by atoms with E-state index in [0.717, 1.165) is 40.7 Å². The minimum Gasteiger partial charge on any atom is -0.364 e. The molecule has 39 heavy (non-hydrogen) atoms. The third-order valence-corrected chi connectivity index (χ3v) is 9.49. The molecule has 0 amide bonds.